The van der Waals surface area contributed by atoms with Gasteiger partial charge in [-0.05, 0) is 61.4 Å². The number of methoxy groups -OCH3 is 3. The summed E-state index contributed by atoms with van der Waals surface area (Å²) in [7, 11) is -1.24. The summed E-state index contributed by atoms with van der Waals surface area (Å²) in [5, 5.41) is 5.10. The molecular formula is C36H38ClN5O12S. The van der Waals surface area contributed by atoms with Crippen LogP contribution in [0.1, 0.15) is 46.0 Å². The smallest absolute Gasteiger partial charge is 0.418 e. The van der Waals surface area contributed by atoms with Crippen LogP contribution in [0.4, 0.5) is 15.3 Å². The maximum atomic E-state index is 14.0. The zero-order valence-corrected chi connectivity index (χ0v) is 31.6. The summed E-state index contributed by atoms with van der Waals surface area (Å²) in [5.41, 5.74) is 6.49. The Kier molecular flexibility index (Phi) is 13.7. The first-order valence-corrected chi connectivity index (χ1v) is 18.4. The first kappa shape index (κ1) is 41.9. The molecule has 0 bridgehead atoms. The van der Waals surface area contributed by atoms with E-state index in [-0.39, 0.29) is 46.0 Å². The van der Waals surface area contributed by atoms with Crippen LogP contribution in [0.2, 0.25) is 5.02 Å². The molecule has 292 valence electrons. The average Bonchev–Trinajstić information content (AvgIpc) is 3.24. The first-order valence-electron chi connectivity index (χ1n) is 16.5. The molecule has 1 heterocycles. The van der Waals surface area contributed by atoms with Crippen molar-refractivity contribution in [2.24, 2.45) is 5.73 Å². The summed E-state index contributed by atoms with van der Waals surface area (Å²) < 4.78 is 41.9. The van der Waals surface area contributed by atoms with Gasteiger partial charge in [0.05, 0.1) is 55.0 Å². The normalized spacial score (nSPS) is 14.4. The van der Waals surface area contributed by atoms with Crippen molar-refractivity contribution in [2.75, 3.05) is 32.8 Å². The minimum atomic E-state index is -4.36. The molecule has 17 nitrogen and oxygen atoms in total. The summed E-state index contributed by atoms with van der Waals surface area (Å²) in [6.45, 7) is 0.580. The Balaban J connectivity index is 1.55. The highest BCUT2D eigenvalue weighted by Crippen LogP contribution is 2.38. The molecule has 0 spiro atoms. The van der Waals surface area contributed by atoms with E-state index in [1.807, 2.05) is 0 Å². The van der Waals surface area contributed by atoms with Gasteiger partial charge in [0, 0.05) is 23.6 Å². The minimum absolute atomic E-state index is 0.0133. The lowest BCUT2D eigenvalue weighted by Gasteiger charge is -2.28. The number of rotatable bonds is 13. The number of Topliss-reactive ketones (excluding diaryl/α,β-unsaturated/α-hetero) is 1. The molecule has 0 saturated heterocycles. The number of anilines is 1. The van der Waals surface area contributed by atoms with Crippen LogP contribution in [-0.4, -0.2) is 101 Å². The molecule has 5 amide bonds. The van der Waals surface area contributed by atoms with E-state index in [9.17, 15) is 42.0 Å². The summed E-state index contributed by atoms with van der Waals surface area (Å²) >= 11 is 6.17. The zero-order valence-electron chi connectivity index (χ0n) is 30.1. The number of hydrogen-bond donors (Lipinski definition) is 3. The van der Waals surface area contributed by atoms with E-state index in [4.69, 9.17) is 17.3 Å². The number of urea groups is 1. The molecule has 0 aliphatic carbocycles. The molecule has 2 unspecified atom stereocenters. The van der Waals surface area contributed by atoms with Gasteiger partial charge in [-0.25, -0.2) is 27.7 Å². The Morgan fingerprint density at radius 1 is 0.909 bits per heavy atom. The number of fused-ring (bicyclic) bond motifs is 2. The molecule has 55 heavy (non-hydrogen) atoms. The van der Waals surface area contributed by atoms with Crippen LogP contribution >= 0.6 is 11.6 Å². The van der Waals surface area contributed by atoms with E-state index >= 15 is 0 Å². The second-order valence-corrected chi connectivity index (χ2v) is 14.4. The van der Waals surface area contributed by atoms with Gasteiger partial charge >= 0.3 is 24.1 Å². The van der Waals surface area contributed by atoms with Crippen LogP contribution in [0, 0.1) is 0 Å². The quantitative estimate of drug-likeness (QED) is 0.167. The van der Waals surface area contributed by atoms with Crippen molar-refractivity contribution in [1.29, 1.82) is 0 Å². The SMILES string of the molecule is COC(=O)CCC(NC(=O)N(C(=O)OC)[C@@H](C)C(=O)C(N)CNC(=O)c1ccc2c(c1)S(=O)(=O)c1ccccc1C(=O)N2Cc1cccc(Cl)c1)C(=O)OC. The lowest BCUT2D eigenvalue weighted by molar-refractivity contribution is -0.144. The van der Waals surface area contributed by atoms with E-state index in [1.165, 1.54) is 41.3 Å². The van der Waals surface area contributed by atoms with Crippen LogP contribution in [0.25, 0.3) is 0 Å². The molecule has 1 aliphatic heterocycles. The maximum Gasteiger partial charge on any atom is 0.418 e. The number of carbonyl (C=O) groups excluding carboxylic acids is 7. The molecule has 1 aliphatic rings. The minimum Gasteiger partial charge on any atom is -0.469 e. The fourth-order valence-corrected chi connectivity index (χ4v) is 7.54. The van der Waals surface area contributed by atoms with Crippen molar-refractivity contribution in [1.82, 2.24) is 15.5 Å². The third-order valence-electron chi connectivity index (χ3n) is 8.57. The first-order chi connectivity index (χ1) is 26.0. The molecule has 3 aromatic carbocycles. The molecule has 19 heteroatoms. The van der Waals surface area contributed by atoms with E-state index in [0.29, 0.717) is 15.5 Å². The number of amides is 5. The number of imide groups is 1. The van der Waals surface area contributed by atoms with Gasteiger partial charge in [0.15, 0.2) is 5.78 Å². The average molecular weight is 800 g/mol. The van der Waals surface area contributed by atoms with Crippen molar-refractivity contribution < 1.29 is 56.2 Å². The maximum absolute atomic E-state index is 14.0. The van der Waals surface area contributed by atoms with Crippen molar-refractivity contribution in [3.05, 3.63) is 88.4 Å². The largest absolute Gasteiger partial charge is 0.469 e. The van der Waals surface area contributed by atoms with Crippen LogP contribution in [0.15, 0.2) is 76.5 Å². The highest BCUT2D eigenvalue weighted by Gasteiger charge is 2.38. The summed E-state index contributed by atoms with van der Waals surface area (Å²) in [6, 6.07) is 10.3. The highest BCUT2D eigenvalue weighted by atomic mass is 35.5. The number of nitrogens with zero attached hydrogens (tertiary/aromatic N) is 2. The Hall–Kier alpha value is -5.85. The monoisotopic (exact) mass is 799 g/mol. The third kappa shape index (κ3) is 9.45. The number of halogens is 1. The topological polar surface area (TPSA) is 238 Å². The van der Waals surface area contributed by atoms with Crippen molar-refractivity contribution in [2.45, 2.75) is 54.2 Å². The van der Waals surface area contributed by atoms with Gasteiger partial charge in [-0.15, -0.1) is 0 Å². The molecule has 0 aromatic heterocycles. The van der Waals surface area contributed by atoms with E-state index in [0.717, 1.165) is 34.3 Å². The lowest BCUT2D eigenvalue weighted by Crippen LogP contribution is -2.58. The molecule has 0 saturated carbocycles. The van der Waals surface area contributed by atoms with E-state index in [2.05, 4.69) is 24.8 Å². The molecule has 4 rings (SSSR count). The number of ketones is 1. The summed E-state index contributed by atoms with van der Waals surface area (Å²) in [5.74, 6) is -3.98. The Morgan fingerprint density at radius 2 is 1.62 bits per heavy atom. The molecule has 0 fully saturated rings. The fourth-order valence-electron chi connectivity index (χ4n) is 5.65. The molecule has 0 radical (unpaired) electrons. The molecule has 3 aromatic rings. The summed E-state index contributed by atoms with van der Waals surface area (Å²) in [6.07, 6.45) is -1.85. The van der Waals surface area contributed by atoms with Crippen LogP contribution < -0.4 is 21.3 Å². The van der Waals surface area contributed by atoms with Gasteiger partial charge < -0.3 is 35.5 Å². The number of hydrogen-bond acceptors (Lipinski definition) is 13. The second kappa shape index (κ2) is 18.0. The standard InChI is InChI=1S/C36H38ClN5O12S/c1-20(42(36(49)54-4)35(48)40-26(34(47)53-3)13-15-30(43)52-2)31(44)25(38)18-39-32(45)22-12-14-27-29(17-22)55(50,51)28-11-6-5-10-24(28)33(46)41(27)19-21-8-7-9-23(37)16-21/h5-12,14,16-17,20,25-26H,13,15,18-19,38H2,1-4H3,(H,39,45)(H,40,48)/t20-,25?,26?/m0/s1. The van der Waals surface area contributed by atoms with Crippen LogP contribution in [0.5, 0.6) is 0 Å². The van der Waals surface area contributed by atoms with Gasteiger partial charge in [-0.2, -0.15) is 0 Å². The van der Waals surface area contributed by atoms with Gasteiger partial charge in [-0.3, -0.25) is 19.2 Å². The number of nitrogens with two attached hydrogens (primary N) is 1. The predicted octanol–water partition coefficient (Wildman–Crippen LogP) is 2.62. The van der Waals surface area contributed by atoms with Crippen LogP contribution in [0.3, 0.4) is 0 Å². The van der Waals surface area contributed by atoms with Gasteiger partial charge in [0.2, 0.25) is 9.84 Å². The van der Waals surface area contributed by atoms with Crippen molar-refractivity contribution in [3.8, 4) is 0 Å². The molecule has 3 atom stereocenters. The van der Waals surface area contributed by atoms with Gasteiger partial charge in [0.1, 0.15) is 12.1 Å². The van der Waals surface area contributed by atoms with Gasteiger partial charge in [0.25, 0.3) is 11.8 Å². The number of ether oxygens (including phenoxy) is 3. The number of nitrogens with one attached hydrogen (secondary N) is 2. The molecular weight excluding hydrogens is 762 g/mol. The third-order valence-corrected chi connectivity index (χ3v) is 10.6. The molecule has 4 N–H and O–H groups in total. The van der Waals surface area contributed by atoms with E-state index in [1.54, 1.807) is 24.3 Å². The van der Waals surface area contributed by atoms with E-state index < -0.39 is 76.2 Å². The number of benzene rings is 3. The number of esters is 2. The van der Waals surface area contributed by atoms with Crippen molar-refractivity contribution in [3.63, 3.8) is 0 Å². The second-order valence-electron chi connectivity index (χ2n) is 12.1. The predicted molar refractivity (Wildman–Crippen MR) is 195 cm³/mol. The Labute approximate surface area is 320 Å². The van der Waals surface area contributed by atoms with Gasteiger partial charge in [-0.1, -0.05) is 35.9 Å². The highest BCUT2D eigenvalue weighted by molar-refractivity contribution is 7.91. The lowest BCUT2D eigenvalue weighted by atomic mass is 10.1. The number of sulfone groups is 1. The Bertz CT molecular complexity index is 2130. The van der Waals surface area contributed by atoms with Crippen LogP contribution in [-0.2, 0) is 45.0 Å². The number of carbonyl (C=O) groups is 7. The fraction of sp³-hybridized carbons (Fsp3) is 0.306. The summed E-state index contributed by atoms with van der Waals surface area (Å²) in [4.78, 5) is 91.4. The Morgan fingerprint density at radius 3 is 2.27 bits per heavy atom. The zero-order chi connectivity index (χ0) is 40.6. The van der Waals surface area contributed by atoms with Crippen molar-refractivity contribution >= 4 is 68.8 Å².